The summed E-state index contributed by atoms with van der Waals surface area (Å²) in [6.45, 7) is 0.491. The molecule has 0 bridgehead atoms. The van der Waals surface area contributed by atoms with Crippen LogP contribution in [0.1, 0.15) is 15.9 Å². The second-order valence-electron chi connectivity index (χ2n) is 8.57. The van der Waals surface area contributed by atoms with Crippen LogP contribution in [0.3, 0.4) is 0 Å². The molecule has 12 heteroatoms. The summed E-state index contributed by atoms with van der Waals surface area (Å²) >= 11 is 0. The van der Waals surface area contributed by atoms with Crippen LogP contribution in [-0.4, -0.2) is 44.8 Å². The van der Waals surface area contributed by atoms with E-state index in [9.17, 15) is 13.6 Å². The van der Waals surface area contributed by atoms with Gasteiger partial charge in [-0.15, -0.1) is 0 Å². The van der Waals surface area contributed by atoms with E-state index in [4.69, 9.17) is 5.10 Å². The fourth-order valence-electron chi connectivity index (χ4n) is 4.14. The van der Waals surface area contributed by atoms with E-state index in [0.717, 1.165) is 17.2 Å². The Labute approximate surface area is 214 Å². The standard InChI is InChI=1S/C26H19F2N9O/c1-35-12-16(11-31-35)13-36-15-30-24(17-2-4-19(27)5-3-17)25(36)20-6-7-23-32-22(14-37(23)34-20)33-26(38)18-8-9-29-21(28)10-18/h2-12,14-15H,13H2,1H3,(H,33,38). The molecule has 5 heterocycles. The number of amides is 1. The number of carbonyl (C=O) groups excluding carboxylic acids is 1. The Kier molecular flexibility index (Phi) is 5.68. The van der Waals surface area contributed by atoms with Crippen LogP contribution < -0.4 is 5.32 Å². The van der Waals surface area contributed by atoms with E-state index in [2.05, 4.69) is 25.4 Å². The van der Waals surface area contributed by atoms with E-state index in [1.165, 1.54) is 28.9 Å². The van der Waals surface area contributed by atoms with Crippen molar-refractivity contribution < 1.29 is 13.6 Å². The van der Waals surface area contributed by atoms with Gasteiger partial charge in [0.15, 0.2) is 11.5 Å². The molecule has 1 amide bonds. The number of aryl methyl sites for hydroxylation is 1. The molecule has 0 atom stereocenters. The zero-order chi connectivity index (χ0) is 26.2. The minimum absolute atomic E-state index is 0.117. The SMILES string of the molecule is Cn1cc(Cn2cnc(-c3ccc(F)cc3)c2-c2ccc3nc(NC(=O)c4ccnc(F)c4)cn3n2)cn1. The molecule has 0 saturated carbocycles. The number of benzene rings is 1. The molecule has 10 nitrogen and oxygen atoms in total. The minimum Gasteiger partial charge on any atom is -0.324 e. The highest BCUT2D eigenvalue weighted by Gasteiger charge is 2.19. The van der Waals surface area contributed by atoms with Crippen LogP contribution in [0.25, 0.3) is 28.3 Å². The van der Waals surface area contributed by atoms with Crippen molar-refractivity contribution in [2.45, 2.75) is 6.54 Å². The van der Waals surface area contributed by atoms with Gasteiger partial charge in [0.05, 0.1) is 36.7 Å². The first-order valence-corrected chi connectivity index (χ1v) is 11.5. The number of rotatable bonds is 6. The number of imidazole rings is 2. The van der Waals surface area contributed by atoms with Gasteiger partial charge in [-0.3, -0.25) is 9.48 Å². The largest absolute Gasteiger partial charge is 0.324 e. The first kappa shape index (κ1) is 23.2. The quantitative estimate of drug-likeness (QED) is 0.339. The van der Waals surface area contributed by atoms with Gasteiger partial charge in [-0.05, 0) is 42.5 Å². The normalized spacial score (nSPS) is 11.2. The second kappa shape index (κ2) is 9.32. The summed E-state index contributed by atoms with van der Waals surface area (Å²) in [6, 6.07) is 12.1. The van der Waals surface area contributed by atoms with Gasteiger partial charge in [-0.2, -0.15) is 14.6 Å². The Morgan fingerprint density at radius 3 is 2.63 bits per heavy atom. The van der Waals surface area contributed by atoms with Gasteiger partial charge in [0, 0.05) is 42.2 Å². The summed E-state index contributed by atoms with van der Waals surface area (Å²) in [5, 5.41) is 11.6. The van der Waals surface area contributed by atoms with E-state index in [-0.39, 0.29) is 17.2 Å². The average Bonchev–Trinajstić information content (AvgIpc) is 3.62. The van der Waals surface area contributed by atoms with Crippen LogP contribution in [0.15, 0.2) is 79.6 Å². The number of anilines is 1. The zero-order valence-corrected chi connectivity index (χ0v) is 20.0. The molecule has 0 aliphatic heterocycles. The zero-order valence-electron chi connectivity index (χ0n) is 20.0. The predicted octanol–water partition coefficient (Wildman–Crippen LogP) is 3.97. The minimum atomic E-state index is -0.751. The summed E-state index contributed by atoms with van der Waals surface area (Å²) in [7, 11) is 1.85. The highest BCUT2D eigenvalue weighted by atomic mass is 19.1. The Balaban J connectivity index is 1.38. The van der Waals surface area contributed by atoms with Crippen molar-refractivity contribution >= 4 is 17.4 Å². The third-order valence-electron chi connectivity index (χ3n) is 5.86. The predicted molar refractivity (Wildman–Crippen MR) is 134 cm³/mol. The summed E-state index contributed by atoms with van der Waals surface area (Å²) in [5.74, 6) is -1.37. The fourth-order valence-corrected chi connectivity index (χ4v) is 4.14. The molecule has 6 rings (SSSR count). The van der Waals surface area contributed by atoms with Crippen LogP contribution in [-0.2, 0) is 13.6 Å². The molecule has 1 aromatic carbocycles. The maximum atomic E-state index is 13.6. The molecule has 0 fully saturated rings. The molecule has 188 valence electrons. The van der Waals surface area contributed by atoms with Crippen molar-refractivity contribution in [2.75, 3.05) is 5.32 Å². The Morgan fingerprint density at radius 2 is 1.87 bits per heavy atom. The third kappa shape index (κ3) is 4.50. The molecule has 1 N–H and O–H groups in total. The lowest BCUT2D eigenvalue weighted by molar-refractivity contribution is 0.102. The topological polar surface area (TPSA) is 108 Å². The monoisotopic (exact) mass is 511 g/mol. The highest BCUT2D eigenvalue weighted by Crippen LogP contribution is 2.31. The van der Waals surface area contributed by atoms with Crippen LogP contribution >= 0.6 is 0 Å². The van der Waals surface area contributed by atoms with E-state index < -0.39 is 11.9 Å². The highest BCUT2D eigenvalue weighted by molar-refractivity contribution is 6.03. The number of hydrogen-bond acceptors (Lipinski definition) is 6. The molecule has 0 unspecified atom stereocenters. The van der Waals surface area contributed by atoms with E-state index in [1.807, 2.05) is 17.8 Å². The molecule has 0 aliphatic rings. The number of halogens is 2. The van der Waals surface area contributed by atoms with E-state index in [1.54, 1.807) is 47.7 Å². The first-order valence-electron chi connectivity index (χ1n) is 11.5. The number of pyridine rings is 1. The summed E-state index contributed by atoms with van der Waals surface area (Å²) < 4.78 is 32.2. The Morgan fingerprint density at radius 1 is 1.03 bits per heavy atom. The fraction of sp³-hybridized carbons (Fsp3) is 0.0769. The Bertz CT molecular complexity index is 1790. The van der Waals surface area contributed by atoms with Gasteiger partial charge in [0.2, 0.25) is 5.95 Å². The number of nitrogens with zero attached hydrogens (tertiary/aromatic N) is 8. The average molecular weight is 511 g/mol. The lowest BCUT2D eigenvalue weighted by atomic mass is 10.1. The smallest absolute Gasteiger partial charge is 0.257 e. The molecule has 0 spiro atoms. The molecular weight excluding hydrogens is 492 g/mol. The molecule has 38 heavy (non-hydrogen) atoms. The van der Waals surface area contributed by atoms with Gasteiger partial charge >= 0.3 is 0 Å². The third-order valence-corrected chi connectivity index (χ3v) is 5.86. The number of carbonyl (C=O) groups is 1. The van der Waals surface area contributed by atoms with Crippen molar-refractivity contribution in [3.05, 3.63) is 103 Å². The van der Waals surface area contributed by atoms with Crippen molar-refractivity contribution in [1.29, 1.82) is 0 Å². The number of hydrogen-bond donors (Lipinski definition) is 1. The van der Waals surface area contributed by atoms with Crippen LogP contribution in [0.5, 0.6) is 0 Å². The lowest BCUT2D eigenvalue weighted by Crippen LogP contribution is -2.12. The van der Waals surface area contributed by atoms with Crippen molar-refractivity contribution in [1.82, 2.24) is 38.9 Å². The molecular formula is C26H19F2N9O. The Hall–Kier alpha value is -5.26. The molecule has 5 aromatic heterocycles. The molecule has 6 aromatic rings. The van der Waals surface area contributed by atoms with Crippen molar-refractivity contribution in [3.8, 4) is 22.6 Å². The molecule has 0 radical (unpaired) electrons. The van der Waals surface area contributed by atoms with Gasteiger partial charge in [-0.1, -0.05) is 0 Å². The van der Waals surface area contributed by atoms with Gasteiger partial charge in [-0.25, -0.2) is 23.9 Å². The molecule has 0 aliphatic carbocycles. The van der Waals surface area contributed by atoms with Crippen LogP contribution in [0.4, 0.5) is 14.6 Å². The van der Waals surface area contributed by atoms with E-state index in [0.29, 0.717) is 29.3 Å². The maximum Gasteiger partial charge on any atom is 0.257 e. The van der Waals surface area contributed by atoms with E-state index >= 15 is 0 Å². The van der Waals surface area contributed by atoms with Crippen molar-refractivity contribution in [2.24, 2.45) is 7.05 Å². The first-order chi connectivity index (χ1) is 18.4. The van der Waals surface area contributed by atoms with Crippen molar-refractivity contribution in [3.63, 3.8) is 0 Å². The van der Waals surface area contributed by atoms with Crippen LogP contribution in [0.2, 0.25) is 0 Å². The van der Waals surface area contributed by atoms with Gasteiger partial charge in [0.25, 0.3) is 5.91 Å². The second-order valence-corrected chi connectivity index (χ2v) is 8.57. The summed E-state index contributed by atoms with van der Waals surface area (Å²) in [5.41, 5.74) is 4.25. The maximum absolute atomic E-state index is 13.6. The lowest BCUT2D eigenvalue weighted by Gasteiger charge is -2.09. The number of aromatic nitrogens is 8. The summed E-state index contributed by atoms with van der Waals surface area (Å²) in [4.78, 5) is 25.0. The molecule has 0 saturated heterocycles. The summed E-state index contributed by atoms with van der Waals surface area (Å²) in [6.07, 6.45) is 8.18. The number of fused-ring (bicyclic) bond motifs is 1. The van der Waals surface area contributed by atoms with Gasteiger partial charge in [0.1, 0.15) is 11.5 Å². The van der Waals surface area contributed by atoms with Gasteiger partial charge < -0.3 is 9.88 Å². The van der Waals surface area contributed by atoms with Crippen LogP contribution in [0, 0.1) is 11.8 Å². The number of nitrogens with one attached hydrogen (secondary N) is 1.